The van der Waals surface area contributed by atoms with Crippen LogP contribution in [-0.4, -0.2) is 35.8 Å². The normalized spacial score (nSPS) is 11.1. The molecule has 0 aliphatic heterocycles. The van der Waals surface area contributed by atoms with Gasteiger partial charge < -0.3 is 14.7 Å². The van der Waals surface area contributed by atoms with Crippen molar-refractivity contribution in [1.82, 2.24) is 0 Å². The number of nitrogens with zero attached hydrogens (tertiary/aromatic N) is 1. The number of ketones is 1. The highest BCUT2D eigenvalue weighted by molar-refractivity contribution is 7.99. The van der Waals surface area contributed by atoms with Crippen molar-refractivity contribution in [2.24, 2.45) is 5.16 Å². The van der Waals surface area contributed by atoms with Crippen LogP contribution in [0.1, 0.15) is 24.2 Å². The number of aliphatic hydroxyl groups excluding tert-OH is 1. The van der Waals surface area contributed by atoms with Crippen molar-refractivity contribution in [3.8, 4) is 5.75 Å². The quantitative estimate of drug-likeness (QED) is 0.331. The van der Waals surface area contributed by atoms with Crippen molar-refractivity contribution in [2.75, 3.05) is 13.2 Å². The molecule has 0 radical (unpaired) electrons. The van der Waals surface area contributed by atoms with Gasteiger partial charge in [-0.1, -0.05) is 16.9 Å². The molecule has 0 heterocycles. The van der Waals surface area contributed by atoms with Crippen LogP contribution in [0.15, 0.2) is 63.5 Å². The Balaban J connectivity index is 1.99. The molecule has 1 N–H and O–H groups in total. The number of carbonyl (C=O) groups excluding carboxylic acids is 2. The van der Waals surface area contributed by atoms with Crippen molar-refractivity contribution < 1.29 is 24.3 Å². The molecule has 7 heteroatoms. The Bertz CT molecular complexity index is 785. The number of rotatable bonds is 8. The predicted octanol–water partition coefficient (Wildman–Crippen LogP) is 3.33. The number of benzene rings is 2. The van der Waals surface area contributed by atoms with Gasteiger partial charge >= 0.3 is 5.97 Å². The third kappa shape index (κ3) is 6.02. The smallest absolute Gasteiger partial charge is 0.331 e. The average molecular weight is 373 g/mol. The second kappa shape index (κ2) is 9.74. The van der Waals surface area contributed by atoms with Crippen LogP contribution >= 0.6 is 11.8 Å². The van der Waals surface area contributed by atoms with Crippen molar-refractivity contribution in [1.29, 1.82) is 0 Å². The molecular weight excluding hydrogens is 354 g/mol. The SMILES string of the molecule is CC(=O)O/N=C(\C)C(=O)c1ccc(Sc2ccc(OCCO)cc2)cc1. The van der Waals surface area contributed by atoms with E-state index in [0.29, 0.717) is 11.3 Å². The molecule has 2 rings (SSSR count). The summed E-state index contributed by atoms with van der Waals surface area (Å²) in [5.74, 6) is -0.170. The number of aliphatic hydroxyl groups is 1. The van der Waals surface area contributed by atoms with Crippen molar-refractivity contribution in [3.63, 3.8) is 0 Å². The van der Waals surface area contributed by atoms with Gasteiger partial charge in [0.2, 0.25) is 5.78 Å². The van der Waals surface area contributed by atoms with Crippen molar-refractivity contribution in [2.45, 2.75) is 23.6 Å². The molecule has 0 aliphatic carbocycles. The Labute approximate surface area is 155 Å². The summed E-state index contributed by atoms with van der Waals surface area (Å²) in [6, 6.07) is 14.6. The number of carbonyl (C=O) groups is 2. The Morgan fingerprint density at radius 3 is 2.12 bits per heavy atom. The molecule has 0 spiro atoms. The minimum Gasteiger partial charge on any atom is -0.491 e. The van der Waals surface area contributed by atoms with Crippen molar-refractivity contribution >= 4 is 29.2 Å². The molecule has 2 aromatic rings. The van der Waals surface area contributed by atoms with Gasteiger partial charge in [-0.25, -0.2) is 4.79 Å². The third-order valence-corrected chi connectivity index (χ3v) is 4.19. The van der Waals surface area contributed by atoms with E-state index in [0.717, 1.165) is 9.79 Å². The fraction of sp³-hybridized carbons (Fsp3) is 0.211. The molecule has 0 saturated heterocycles. The molecule has 6 nitrogen and oxygen atoms in total. The van der Waals surface area contributed by atoms with Gasteiger partial charge in [0.1, 0.15) is 18.1 Å². The van der Waals surface area contributed by atoms with Crippen LogP contribution in [0.4, 0.5) is 0 Å². The van der Waals surface area contributed by atoms with Crippen LogP contribution in [0.2, 0.25) is 0 Å². The molecule has 0 unspecified atom stereocenters. The number of hydrogen-bond acceptors (Lipinski definition) is 7. The maximum atomic E-state index is 12.2. The van der Waals surface area contributed by atoms with Gasteiger partial charge in [0, 0.05) is 22.3 Å². The molecule has 26 heavy (non-hydrogen) atoms. The van der Waals surface area contributed by atoms with Crippen LogP contribution in [0, 0.1) is 0 Å². The van der Waals surface area contributed by atoms with E-state index in [1.165, 1.54) is 13.8 Å². The Morgan fingerprint density at radius 1 is 1.00 bits per heavy atom. The zero-order valence-electron chi connectivity index (χ0n) is 14.5. The second-order valence-electron chi connectivity index (χ2n) is 5.26. The van der Waals surface area contributed by atoms with E-state index >= 15 is 0 Å². The largest absolute Gasteiger partial charge is 0.491 e. The molecule has 0 aromatic heterocycles. The highest BCUT2D eigenvalue weighted by atomic mass is 32.2. The predicted molar refractivity (Wildman–Crippen MR) is 98.8 cm³/mol. The van der Waals surface area contributed by atoms with E-state index in [9.17, 15) is 9.59 Å². The Kier molecular flexibility index (Phi) is 7.37. The summed E-state index contributed by atoms with van der Waals surface area (Å²) < 4.78 is 5.32. The summed E-state index contributed by atoms with van der Waals surface area (Å²) >= 11 is 1.55. The third-order valence-electron chi connectivity index (χ3n) is 3.18. The van der Waals surface area contributed by atoms with E-state index in [2.05, 4.69) is 9.99 Å². The number of oxime groups is 1. The lowest BCUT2D eigenvalue weighted by Gasteiger charge is -2.06. The van der Waals surface area contributed by atoms with Gasteiger partial charge in [0.05, 0.1) is 6.61 Å². The van der Waals surface area contributed by atoms with E-state index in [1.54, 1.807) is 23.9 Å². The first kappa shape index (κ1) is 19.7. The number of ether oxygens (including phenoxy) is 1. The summed E-state index contributed by atoms with van der Waals surface area (Å²) in [6.45, 7) is 2.96. The maximum absolute atomic E-state index is 12.2. The topological polar surface area (TPSA) is 85.2 Å². The zero-order chi connectivity index (χ0) is 18.9. The lowest BCUT2D eigenvalue weighted by Crippen LogP contribution is -2.11. The fourth-order valence-corrected chi connectivity index (χ4v) is 2.78. The lowest BCUT2D eigenvalue weighted by atomic mass is 10.1. The summed E-state index contributed by atoms with van der Waals surface area (Å²) in [7, 11) is 0. The molecule has 0 atom stereocenters. The standard InChI is InChI=1S/C19H19NO5S/c1-13(20-25-14(2)22)19(23)15-3-7-17(8-4-15)26-18-9-5-16(6-10-18)24-12-11-21/h3-10,21H,11-12H2,1-2H3/b20-13+. The molecule has 2 aromatic carbocycles. The minimum atomic E-state index is -0.573. The van der Waals surface area contributed by atoms with E-state index in [4.69, 9.17) is 9.84 Å². The molecule has 0 amide bonds. The first-order chi connectivity index (χ1) is 12.5. The summed E-state index contributed by atoms with van der Waals surface area (Å²) in [5, 5.41) is 12.2. The summed E-state index contributed by atoms with van der Waals surface area (Å²) in [6.07, 6.45) is 0. The highest BCUT2D eigenvalue weighted by Crippen LogP contribution is 2.29. The molecular formula is C19H19NO5S. The molecule has 0 fully saturated rings. The van der Waals surface area contributed by atoms with E-state index < -0.39 is 5.97 Å². The van der Waals surface area contributed by atoms with Crippen LogP contribution in [0.5, 0.6) is 5.75 Å². The van der Waals surface area contributed by atoms with Crippen LogP contribution in [0.25, 0.3) is 0 Å². The van der Waals surface area contributed by atoms with Gasteiger partial charge in [-0.15, -0.1) is 0 Å². The minimum absolute atomic E-state index is 0.0212. The van der Waals surface area contributed by atoms with Crippen LogP contribution in [0.3, 0.4) is 0 Å². The van der Waals surface area contributed by atoms with Crippen molar-refractivity contribution in [3.05, 3.63) is 54.1 Å². The molecule has 0 bridgehead atoms. The zero-order valence-corrected chi connectivity index (χ0v) is 15.3. The second-order valence-corrected chi connectivity index (χ2v) is 6.41. The first-order valence-corrected chi connectivity index (χ1v) is 8.70. The fourth-order valence-electron chi connectivity index (χ4n) is 1.96. The monoisotopic (exact) mass is 373 g/mol. The van der Waals surface area contributed by atoms with Gasteiger partial charge in [-0.2, -0.15) is 0 Å². The highest BCUT2D eigenvalue weighted by Gasteiger charge is 2.11. The van der Waals surface area contributed by atoms with Gasteiger partial charge in [-0.3, -0.25) is 4.79 Å². The van der Waals surface area contributed by atoms with Gasteiger partial charge in [-0.05, 0) is 55.5 Å². The van der Waals surface area contributed by atoms with E-state index in [1.807, 2.05) is 36.4 Å². The Hall–Kier alpha value is -2.64. The van der Waals surface area contributed by atoms with Crippen LogP contribution < -0.4 is 4.74 Å². The lowest BCUT2D eigenvalue weighted by molar-refractivity contribution is -0.140. The Morgan fingerprint density at radius 2 is 1.58 bits per heavy atom. The van der Waals surface area contributed by atoms with Gasteiger partial charge in [0.25, 0.3) is 0 Å². The number of hydrogen-bond donors (Lipinski definition) is 1. The summed E-state index contributed by atoms with van der Waals surface area (Å²) in [4.78, 5) is 29.4. The maximum Gasteiger partial charge on any atom is 0.331 e. The molecule has 136 valence electrons. The summed E-state index contributed by atoms with van der Waals surface area (Å²) in [5.41, 5.74) is 0.578. The first-order valence-electron chi connectivity index (χ1n) is 7.88. The van der Waals surface area contributed by atoms with E-state index in [-0.39, 0.29) is 24.7 Å². The molecule has 0 aliphatic rings. The van der Waals surface area contributed by atoms with Crippen LogP contribution in [-0.2, 0) is 9.63 Å². The average Bonchev–Trinajstić information content (AvgIpc) is 2.65. The molecule has 0 saturated carbocycles. The van der Waals surface area contributed by atoms with Gasteiger partial charge in [0.15, 0.2) is 0 Å². The number of Topliss-reactive ketones (excluding diaryl/α,β-unsaturated/α-hetero) is 1.